The lowest BCUT2D eigenvalue weighted by atomic mass is 9.70. The number of carbonyl (C=O) groups is 1. The molecule has 0 aliphatic heterocycles. The molecule has 12 heteroatoms. The van der Waals surface area contributed by atoms with Crippen LogP contribution in [0.2, 0.25) is 5.02 Å². The maximum atomic E-state index is 13.8. The van der Waals surface area contributed by atoms with Crippen molar-refractivity contribution in [2.24, 2.45) is 17.8 Å². The number of aromatic nitrogens is 1. The molecule has 1 heterocycles. The minimum atomic E-state index is -4.04. The second kappa shape index (κ2) is 9.95. The standard InChI is InChI=1S/C26H25ClF2N2O5S2/c1-13-8-15-10-17(12-18(13)26(15,34)23(32)25-30-6-7-37-25)38(35,36)22-9-14(2-4-19(22)27)24(33)31-16-3-5-20(28)21(29)11-16/h2-7,9,11,13,15,17-18,23,32,34H,8,10,12H2,1H3,(H,31,33)/t13-,15?,17?,18?,23+,26+/m0/s1. The zero-order valence-corrected chi connectivity index (χ0v) is 22.5. The number of thiazole rings is 1. The number of halogens is 3. The Morgan fingerprint density at radius 1 is 1.18 bits per heavy atom. The molecule has 3 aromatic rings. The molecule has 1 aromatic heterocycles. The highest BCUT2D eigenvalue weighted by Gasteiger charge is 2.62. The van der Waals surface area contributed by atoms with E-state index in [1.165, 1.54) is 35.6 Å². The number of fused-ring (bicyclic) bond motifs is 2. The molecular weight excluding hydrogens is 558 g/mol. The lowest BCUT2D eigenvalue weighted by Gasteiger charge is -2.45. The Kier molecular flexibility index (Phi) is 7.10. The van der Waals surface area contributed by atoms with Gasteiger partial charge in [0.15, 0.2) is 21.5 Å². The monoisotopic (exact) mass is 582 g/mol. The van der Waals surface area contributed by atoms with Gasteiger partial charge >= 0.3 is 0 Å². The predicted molar refractivity (Wildman–Crippen MR) is 139 cm³/mol. The maximum Gasteiger partial charge on any atom is 0.255 e. The minimum absolute atomic E-state index is 0.00387. The van der Waals surface area contributed by atoms with Crippen LogP contribution in [-0.4, -0.2) is 40.4 Å². The smallest absolute Gasteiger partial charge is 0.255 e. The fraction of sp³-hybridized carbons (Fsp3) is 0.385. The number of sulfone groups is 1. The van der Waals surface area contributed by atoms with Gasteiger partial charge in [0, 0.05) is 28.9 Å². The third-order valence-electron chi connectivity index (χ3n) is 7.89. The Morgan fingerprint density at radius 2 is 1.95 bits per heavy atom. The van der Waals surface area contributed by atoms with Crippen LogP contribution in [-0.2, 0) is 9.84 Å². The minimum Gasteiger partial charge on any atom is -0.386 e. The van der Waals surface area contributed by atoms with Crippen LogP contribution in [0.1, 0.15) is 47.7 Å². The van der Waals surface area contributed by atoms with Crippen LogP contribution >= 0.6 is 22.9 Å². The Labute approximate surface area is 227 Å². The molecular formula is C26H25ClF2N2O5S2. The predicted octanol–water partition coefficient (Wildman–Crippen LogP) is 5.00. The van der Waals surface area contributed by atoms with E-state index in [-0.39, 0.29) is 39.9 Å². The Morgan fingerprint density at radius 3 is 2.61 bits per heavy atom. The van der Waals surface area contributed by atoms with Crippen molar-refractivity contribution in [3.8, 4) is 0 Å². The SMILES string of the molecule is C[C@H]1CC2CC(S(=O)(=O)c3cc(C(=O)Nc4ccc(F)c(F)c4)ccc3Cl)CC1[C@@]2(O)[C@H](O)c1nccs1. The molecule has 2 aliphatic rings. The molecule has 7 nitrogen and oxygen atoms in total. The summed E-state index contributed by atoms with van der Waals surface area (Å²) in [5.74, 6) is -3.91. The number of nitrogens with zero attached hydrogens (tertiary/aromatic N) is 1. The maximum absolute atomic E-state index is 13.8. The summed E-state index contributed by atoms with van der Waals surface area (Å²) in [4.78, 5) is 16.7. The summed E-state index contributed by atoms with van der Waals surface area (Å²) in [6.07, 6.45) is 1.11. The van der Waals surface area contributed by atoms with E-state index in [4.69, 9.17) is 11.6 Å². The quantitative estimate of drug-likeness (QED) is 0.377. The van der Waals surface area contributed by atoms with E-state index >= 15 is 0 Å². The normalized spacial score (nSPS) is 27.7. The van der Waals surface area contributed by atoms with Crippen LogP contribution in [0.3, 0.4) is 0 Å². The highest BCUT2D eigenvalue weighted by atomic mass is 35.5. The molecule has 1 amide bonds. The first kappa shape index (κ1) is 27.1. The fourth-order valence-electron chi connectivity index (χ4n) is 6.03. The number of aliphatic hydroxyl groups is 2. The summed E-state index contributed by atoms with van der Waals surface area (Å²) in [5, 5.41) is 26.3. The first-order valence-corrected chi connectivity index (χ1v) is 14.8. The number of aliphatic hydroxyl groups excluding tert-OH is 1. The number of nitrogens with one attached hydrogen (secondary N) is 1. The van der Waals surface area contributed by atoms with Crippen molar-refractivity contribution in [2.45, 2.75) is 48.0 Å². The summed E-state index contributed by atoms with van der Waals surface area (Å²) < 4.78 is 54.3. The van der Waals surface area contributed by atoms with Gasteiger partial charge < -0.3 is 15.5 Å². The van der Waals surface area contributed by atoms with Gasteiger partial charge in [-0.2, -0.15) is 0 Å². The van der Waals surface area contributed by atoms with E-state index in [1.54, 1.807) is 11.6 Å². The Bertz CT molecular complexity index is 1490. The summed E-state index contributed by atoms with van der Waals surface area (Å²) >= 11 is 7.53. The van der Waals surface area contributed by atoms with Gasteiger partial charge in [0.1, 0.15) is 16.7 Å². The second-order valence-electron chi connectivity index (χ2n) is 10.0. The van der Waals surface area contributed by atoms with Crippen LogP contribution in [0.5, 0.6) is 0 Å². The lowest BCUT2D eigenvalue weighted by molar-refractivity contribution is -0.148. The molecule has 6 atom stereocenters. The van der Waals surface area contributed by atoms with Crippen LogP contribution in [0.25, 0.3) is 0 Å². The number of carbonyl (C=O) groups excluding carboxylic acids is 1. The van der Waals surface area contributed by atoms with Crippen molar-refractivity contribution < 1.29 is 32.2 Å². The van der Waals surface area contributed by atoms with Crippen molar-refractivity contribution >= 4 is 44.4 Å². The van der Waals surface area contributed by atoms with Crippen molar-refractivity contribution in [1.82, 2.24) is 4.98 Å². The summed E-state index contributed by atoms with van der Waals surface area (Å²) in [7, 11) is -4.04. The number of anilines is 1. The molecule has 2 fully saturated rings. The Balaban J connectivity index is 1.41. The topological polar surface area (TPSA) is 117 Å². The van der Waals surface area contributed by atoms with Gasteiger partial charge in [-0.1, -0.05) is 18.5 Å². The highest BCUT2D eigenvalue weighted by Crippen LogP contribution is 2.59. The van der Waals surface area contributed by atoms with E-state index in [1.807, 2.05) is 6.92 Å². The number of rotatable bonds is 6. The van der Waals surface area contributed by atoms with Crippen LogP contribution in [0, 0.1) is 29.4 Å². The van der Waals surface area contributed by atoms with Crippen LogP contribution < -0.4 is 5.32 Å². The molecule has 2 aromatic carbocycles. The molecule has 0 radical (unpaired) electrons. The van der Waals surface area contributed by atoms with Gasteiger partial charge in [0.05, 0.1) is 15.2 Å². The summed E-state index contributed by atoms with van der Waals surface area (Å²) in [6.45, 7) is 1.94. The molecule has 2 bridgehead atoms. The molecule has 2 saturated carbocycles. The first-order chi connectivity index (χ1) is 17.9. The van der Waals surface area contributed by atoms with Crippen molar-refractivity contribution in [3.63, 3.8) is 0 Å². The third kappa shape index (κ3) is 4.54. The molecule has 5 rings (SSSR count). The third-order valence-corrected chi connectivity index (χ3v) is 11.4. The van der Waals surface area contributed by atoms with Crippen molar-refractivity contribution in [3.05, 3.63) is 75.2 Å². The lowest BCUT2D eigenvalue weighted by Crippen LogP contribution is -2.52. The second-order valence-corrected chi connectivity index (χ2v) is 13.6. The molecule has 202 valence electrons. The molecule has 0 spiro atoms. The van der Waals surface area contributed by atoms with E-state index in [0.717, 1.165) is 12.1 Å². The van der Waals surface area contributed by atoms with E-state index in [2.05, 4.69) is 10.3 Å². The summed E-state index contributed by atoms with van der Waals surface area (Å²) in [6, 6.07) is 6.69. The number of hydrogen-bond acceptors (Lipinski definition) is 7. The Hall–Kier alpha value is -2.44. The summed E-state index contributed by atoms with van der Waals surface area (Å²) in [5.41, 5.74) is -1.52. The fourth-order valence-corrected chi connectivity index (χ4v) is 9.11. The van der Waals surface area contributed by atoms with Gasteiger partial charge in [0.2, 0.25) is 0 Å². The van der Waals surface area contributed by atoms with E-state index in [0.29, 0.717) is 11.4 Å². The number of benzene rings is 2. The number of hydrogen-bond donors (Lipinski definition) is 3. The highest BCUT2D eigenvalue weighted by molar-refractivity contribution is 7.92. The van der Waals surface area contributed by atoms with E-state index < -0.39 is 56.2 Å². The molecule has 38 heavy (non-hydrogen) atoms. The van der Waals surface area contributed by atoms with Crippen LogP contribution in [0.15, 0.2) is 52.9 Å². The van der Waals surface area contributed by atoms with Gasteiger partial charge in [-0.25, -0.2) is 22.2 Å². The van der Waals surface area contributed by atoms with Gasteiger partial charge in [-0.05, 0) is 67.3 Å². The molecule has 3 N–H and O–H groups in total. The van der Waals surface area contributed by atoms with Gasteiger partial charge in [0.25, 0.3) is 5.91 Å². The van der Waals surface area contributed by atoms with Crippen LogP contribution in [0.4, 0.5) is 14.5 Å². The first-order valence-electron chi connectivity index (χ1n) is 12.0. The largest absolute Gasteiger partial charge is 0.386 e. The van der Waals surface area contributed by atoms with Gasteiger partial charge in [-0.3, -0.25) is 4.79 Å². The average Bonchev–Trinajstić information content (AvgIpc) is 3.44. The van der Waals surface area contributed by atoms with E-state index in [9.17, 15) is 32.2 Å². The van der Waals surface area contributed by atoms with Gasteiger partial charge in [-0.15, -0.1) is 11.3 Å². The molecule has 2 aliphatic carbocycles. The zero-order valence-electron chi connectivity index (χ0n) is 20.1. The molecule has 0 saturated heterocycles. The van der Waals surface area contributed by atoms with Crippen molar-refractivity contribution in [2.75, 3.05) is 5.32 Å². The van der Waals surface area contributed by atoms with Crippen molar-refractivity contribution in [1.29, 1.82) is 0 Å². The zero-order chi connectivity index (χ0) is 27.4. The average molecular weight is 583 g/mol. The number of amides is 1. The molecule has 3 unspecified atom stereocenters.